The molecular formula is C6H2BrClF3NO. The summed E-state index contributed by atoms with van der Waals surface area (Å²) >= 11 is 8.25. The molecule has 7 heteroatoms. The number of hydrogen-bond donors (Lipinski definition) is 0. The van der Waals surface area contributed by atoms with E-state index in [1.807, 2.05) is 0 Å². The second kappa shape index (κ2) is 3.71. The van der Waals surface area contributed by atoms with Crippen LogP contribution < -0.4 is 4.74 Å². The Bertz CT molecular complexity index is 317. The van der Waals surface area contributed by atoms with Crippen LogP contribution in [0.3, 0.4) is 0 Å². The van der Waals surface area contributed by atoms with Gasteiger partial charge in [0.25, 0.3) is 0 Å². The first-order valence-electron chi connectivity index (χ1n) is 2.96. The number of pyridine rings is 1. The highest BCUT2D eigenvalue weighted by Gasteiger charge is 2.32. The van der Waals surface area contributed by atoms with Gasteiger partial charge in [-0.15, -0.1) is 13.2 Å². The van der Waals surface area contributed by atoms with Crippen molar-refractivity contribution >= 4 is 27.5 Å². The monoisotopic (exact) mass is 275 g/mol. The standard InChI is InChI=1S/C6H2BrClF3NO/c7-4-3(13-6(9,10)11)1-2-12-5(4)8/h1-2H. The zero-order valence-corrected chi connectivity index (χ0v) is 8.24. The minimum atomic E-state index is -4.73. The molecule has 2 nitrogen and oxygen atoms in total. The first-order valence-corrected chi connectivity index (χ1v) is 4.13. The van der Waals surface area contributed by atoms with Gasteiger partial charge in [0.2, 0.25) is 0 Å². The van der Waals surface area contributed by atoms with Gasteiger partial charge in [-0.1, -0.05) is 11.6 Å². The van der Waals surface area contributed by atoms with E-state index in [0.29, 0.717) is 0 Å². The Morgan fingerprint density at radius 1 is 1.46 bits per heavy atom. The third kappa shape index (κ3) is 3.04. The molecule has 0 bridgehead atoms. The zero-order valence-electron chi connectivity index (χ0n) is 5.90. The molecule has 0 radical (unpaired) electrons. The SMILES string of the molecule is FC(F)(F)Oc1ccnc(Cl)c1Br. The lowest BCUT2D eigenvalue weighted by atomic mass is 10.4. The molecule has 0 spiro atoms. The lowest BCUT2D eigenvalue weighted by Gasteiger charge is -2.10. The molecular weight excluding hydrogens is 274 g/mol. The largest absolute Gasteiger partial charge is 0.573 e. The molecule has 13 heavy (non-hydrogen) atoms. The van der Waals surface area contributed by atoms with E-state index in [1.165, 1.54) is 0 Å². The molecule has 0 aliphatic carbocycles. The molecule has 0 aliphatic heterocycles. The Morgan fingerprint density at radius 3 is 2.62 bits per heavy atom. The highest BCUT2D eigenvalue weighted by atomic mass is 79.9. The van der Waals surface area contributed by atoms with Gasteiger partial charge in [0.15, 0.2) is 0 Å². The van der Waals surface area contributed by atoms with Crippen LogP contribution in [0.15, 0.2) is 16.7 Å². The van der Waals surface area contributed by atoms with Crippen molar-refractivity contribution in [3.05, 3.63) is 21.9 Å². The van der Waals surface area contributed by atoms with Crippen LogP contribution in [-0.4, -0.2) is 11.3 Å². The fourth-order valence-electron chi connectivity index (χ4n) is 0.605. The third-order valence-corrected chi connectivity index (χ3v) is 2.32. The van der Waals surface area contributed by atoms with Crippen LogP contribution >= 0.6 is 27.5 Å². The van der Waals surface area contributed by atoms with E-state index >= 15 is 0 Å². The van der Waals surface area contributed by atoms with Gasteiger partial charge in [-0.2, -0.15) is 0 Å². The lowest BCUT2D eigenvalue weighted by Crippen LogP contribution is -2.17. The Labute approximate surface area is 84.8 Å². The molecule has 72 valence electrons. The molecule has 0 aliphatic rings. The van der Waals surface area contributed by atoms with Gasteiger partial charge in [-0.3, -0.25) is 0 Å². The number of rotatable bonds is 1. The second-order valence-corrected chi connectivity index (χ2v) is 3.11. The summed E-state index contributed by atoms with van der Waals surface area (Å²) in [6.07, 6.45) is -3.61. The van der Waals surface area contributed by atoms with Crippen LogP contribution in [0, 0.1) is 0 Å². The van der Waals surface area contributed by atoms with Gasteiger partial charge in [0.1, 0.15) is 10.9 Å². The van der Waals surface area contributed by atoms with E-state index in [0.717, 1.165) is 12.3 Å². The van der Waals surface area contributed by atoms with Crippen LogP contribution in [0.5, 0.6) is 5.75 Å². The molecule has 0 N–H and O–H groups in total. The van der Waals surface area contributed by atoms with Crippen molar-refractivity contribution in [2.45, 2.75) is 6.36 Å². The first-order chi connectivity index (χ1) is 5.90. The average Bonchev–Trinajstić information content (AvgIpc) is 1.96. The van der Waals surface area contributed by atoms with E-state index < -0.39 is 12.1 Å². The van der Waals surface area contributed by atoms with Gasteiger partial charge < -0.3 is 4.74 Å². The Kier molecular flexibility index (Phi) is 3.02. The normalized spacial score (nSPS) is 11.5. The minimum Gasteiger partial charge on any atom is -0.404 e. The fourth-order valence-corrected chi connectivity index (χ4v) is 1.07. The van der Waals surface area contributed by atoms with Crippen LogP contribution in [0.25, 0.3) is 0 Å². The Hall–Kier alpha value is -0.490. The van der Waals surface area contributed by atoms with Crippen molar-refractivity contribution in [2.24, 2.45) is 0 Å². The molecule has 1 aromatic rings. The number of aromatic nitrogens is 1. The Morgan fingerprint density at radius 2 is 2.08 bits per heavy atom. The van der Waals surface area contributed by atoms with Crippen molar-refractivity contribution in [1.29, 1.82) is 0 Å². The summed E-state index contributed by atoms with van der Waals surface area (Å²) in [5, 5.41) is -0.0817. The van der Waals surface area contributed by atoms with E-state index in [-0.39, 0.29) is 9.63 Å². The summed E-state index contributed by atoms with van der Waals surface area (Å²) in [5.41, 5.74) is 0. The lowest BCUT2D eigenvalue weighted by molar-refractivity contribution is -0.274. The second-order valence-electron chi connectivity index (χ2n) is 1.96. The van der Waals surface area contributed by atoms with E-state index in [2.05, 4.69) is 25.7 Å². The van der Waals surface area contributed by atoms with Crippen molar-refractivity contribution in [3.8, 4) is 5.75 Å². The molecule has 0 aromatic carbocycles. The van der Waals surface area contributed by atoms with Gasteiger partial charge >= 0.3 is 6.36 Å². The summed E-state index contributed by atoms with van der Waals surface area (Å²) in [6, 6.07) is 1.06. The van der Waals surface area contributed by atoms with Gasteiger partial charge in [-0.25, -0.2) is 4.98 Å². The molecule has 1 rings (SSSR count). The fraction of sp³-hybridized carbons (Fsp3) is 0.167. The molecule has 0 amide bonds. The zero-order chi connectivity index (χ0) is 10.1. The van der Waals surface area contributed by atoms with Crippen LogP contribution in [0.2, 0.25) is 5.15 Å². The number of alkyl halides is 3. The summed E-state index contributed by atoms with van der Waals surface area (Å²) in [5.74, 6) is -0.410. The van der Waals surface area contributed by atoms with Crippen molar-refractivity contribution in [3.63, 3.8) is 0 Å². The average molecular weight is 276 g/mol. The van der Waals surface area contributed by atoms with Gasteiger partial charge in [0, 0.05) is 12.3 Å². The quantitative estimate of drug-likeness (QED) is 0.734. The van der Waals surface area contributed by atoms with Gasteiger partial charge in [-0.05, 0) is 15.9 Å². The smallest absolute Gasteiger partial charge is 0.404 e. The number of ether oxygens (including phenoxy) is 1. The molecule has 0 atom stereocenters. The topological polar surface area (TPSA) is 22.1 Å². The predicted molar refractivity (Wildman–Crippen MR) is 43.6 cm³/mol. The molecule has 0 fully saturated rings. The summed E-state index contributed by atoms with van der Waals surface area (Å²) in [6.45, 7) is 0. The van der Waals surface area contributed by atoms with E-state index in [4.69, 9.17) is 11.6 Å². The maximum absolute atomic E-state index is 11.7. The van der Waals surface area contributed by atoms with Crippen molar-refractivity contribution < 1.29 is 17.9 Å². The number of halogens is 5. The maximum atomic E-state index is 11.7. The van der Waals surface area contributed by atoms with E-state index in [1.54, 1.807) is 0 Å². The maximum Gasteiger partial charge on any atom is 0.573 e. The van der Waals surface area contributed by atoms with Crippen LogP contribution in [0.1, 0.15) is 0 Å². The molecule has 0 unspecified atom stereocenters. The molecule has 1 heterocycles. The molecule has 0 saturated carbocycles. The summed E-state index contributed by atoms with van der Waals surface area (Å²) in [7, 11) is 0. The van der Waals surface area contributed by atoms with Crippen molar-refractivity contribution in [1.82, 2.24) is 4.98 Å². The van der Waals surface area contributed by atoms with Crippen LogP contribution in [-0.2, 0) is 0 Å². The predicted octanol–water partition coefficient (Wildman–Crippen LogP) is 3.40. The third-order valence-electron chi connectivity index (χ3n) is 1.04. The molecule has 1 aromatic heterocycles. The Balaban J connectivity index is 2.96. The highest BCUT2D eigenvalue weighted by molar-refractivity contribution is 9.10. The van der Waals surface area contributed by atoms with Crippen molar-refractivity contribution in [2.75, 3.05) is 0 Å². The summed E-state index contributed by atoms with van der Waals surface area (Å²) < 4.78 is 38.9. The van der Waals surface area contributed by atoms with E-state index in [9.17, 15) is 13.2 Å². The highest BCUT2D eigenvalue weighted by Crippen LogP contribution is 2.33. The first kappa shape index (κ1) is 10.6. The van der Waals surface area contributed by atoms with Gasteiger partial charge in [0.05, 0.1) is 4.47 Å². The summed E-state index contributed by atoms with van der Waals surface area (Å²) in [4.78, 5) is 3.54. The number of hydrogen-bond acceptors (Lipinski definition) is 2. The van der Waals surface area contributed by atoms with Crippen LogP contribution in [0.4, 0.5) is 13.2 Å². The number of nitrogens with zero attached hydrogens (tertiary/aromatic N) is 1. The minimum absolute atomic E-state index is 0.0195. The molecule has 0 saturated heterocycles.